The van der Waals surface area contributed by atoms with Gasteiger partial charge in [-0.25, -0.2) is 8.42 Å². The minimum Gasteiger partial charge on any atom is -0.342 e. The van der Waals surface area contributed by atoms with Crippen molar-refractivity contribution in [3.05, 3.63) is 18.2 Å². The van der Waals surface area contributed by atoms with Crippen molar-refractivity contribution in [2.45, 2.75) is 42.9 Å². The van der Waals surface area contributed by atoms with E-state index in [1.807, 2.05) is 13.8 Å². The standard InChI is InChI=1S/C19H27N3O4S2/c1-3-20(4-2)18(23)13-22-16-12-15(8-9-17(16)27-14-19(22)24)28(25,26)21-10-6-5-7-11-21/h8-9,12H,3-7,10-11,13-14H2,1-2H3. The fourth-order valence-corrected chi connectivity index (χ4v) is 6.04. The Morgan fingerprint density at radius 3 is 2.46 bits per heavy atom. The van der Waals surface area contributed by atoms with Crippen LogP contribution in [-0.2, 0) is 19.6 Å². The summed E-state index contributed by atoms with van der Waals surface area (Å²) in [5, 5.41) is 0. The maximum absolute atomic E-state index is 13.0. The van der Waals surface area contributed by atoms with Crippen LogP contribution in [0.15, 0.2) is 28.0 Å². The topological polar surface area (TPSA) is 78.0 Å². The summed E-state index contributed by atoms with van der Waals surface area (Å²) < 4.78 is 27.6. The van der Waals surface area contributed by atoms with Crippen LogP contribution < -0.4 is 4.90 Å². The number of thioether (sulfide) groups is 1. The zero-order valence-electron chi connectivity index (χ0n) is 16.4. The van der Waals surface area contributed by atoms with Gasteiger partial charge in [0.15, 0.2) is 0 Å². The van der Waals surface area contributed by atoms with Gasteiger partial charge in [0, 0.05) is 31.1 Å². The van der Waals surface area contributed by atoms with Crippen LogP contribution in [0, 0.1) is 0 Å². The number of carbonyl (C=O) groups excluding carboxylic acids is 2. The zero-order chi connectivity index (χ0) is 20.3. The normalized spacial score (nSPS) is 18.1. The van der Waals surface area contributed by atoms with E-state index in [4.69, 9.17) is 0 Å². The highest BCUT2D eigenvalue weighted by Crippen LogP contribution is 2.37. The van der Waals surface area contributed by atoms with Gasteiger partial charge in [-0.05, 0) is 44.9 Å². The van der Waals surface area contributed by atoms with Crippen molar-refractivity contribution in [2.24, 2.45) is 0 Å². The molecular weight excluding hydrogens is 398 g/mol. The summed E-state index contributed by atoms with van der Waals surface area (Å²) in [6, 6.07) is 4.91. The molecule has 0 radical (unpaired) electrons. The number of benzene rings is 1. The predicted molar refractivity (Wildman–Crippen MR) is 110 cm³/mol. The lowest BCUT2D eigenvalue weighted by Crippen LogP contribution is -2.45. The number of amides is 2. The Balaban J connectivity index is 1.92. The summed E-state index contributed by atoms with van der Waals surface area (Å²) in [5.41, 5.74) is 0.514. The lowest BCUT2D eigenvalue weighted by Gasteiger charge is -2.31. The summed E-state index contributed by atoms with van der Waals surface area (Å²) in [6.07, 6.45) is 2.77. The molecule has 154 valence electrons. The molecule has 2 aliphatic rings. The summed E-state index contributed by atoms with van der Waals surface area (Å²) in [4.78, 5) is 29.2. The van der Waals surface area contributed by atoms with Crippen LogP contribution in [0.2, 0.25) is 0 Å². The van der Waals surface area contributed by atoms with Crippen LogP contribution in [0.25, 0.3) is 0 Å². The lowest BCUT2D eigenvalue weighted by atomic mass is 10.2. The molecule has 0 aliphatic carbocycles. The molecule has 2 amide bonds. The molecule has 7 nitrogen and oxygen atoms in total. The third kappa shape index (κ3) is 4.21. The molecule has 1 saturated heterocycles. The second-order valence-corrected chi connectivity index (χ2v) is 9.88. The molecule has 0 saturated carbocycles. The number of likely N-dealkylation sites (N-methyl/N-ethyl adjacent to an activating group) is 1. The molecule has 0 spiro atoms. The number of hydrogen-bond acceptors (Lipinski definition) is 5. The van der Waals surface area contributed by atoms with Gasteiger partial charge in [0.05, 0.1) is 16.3 Å². The van der Waals surface area contributed by atoms with Gasteiger partial charge in [-0.15, -0.1) is 11.8 Å². The van der Waals surface area contributed by atoms with Crippen molar-refractivity contribution in [2.75, 3.05) is 43.4 Å². The van der Waals surface area contributed by atoms with Crippen molar-refractivity contribution < 1.29 is 18.0 Å². The minimum absolute atomic E-state index is 0.0682. The average molecular weight is 426 g/mol. The number of rotatable bonds is 6. The summed E-state index contributed by atoms with van der Waals surface area (Å²) >= 11 is 1.38. The van der Waals surface area contributed by atoms with E-state index in [1.54, 1.807) is 23.1 Å². The number of sulfonamides is 1. The molecule has 28 heavy (non-hydrogen) atoms. The SMILES string of the molecule is CCN(CC)C(=O)CN1C(=O)CSc2ccc(S(=O)(=O)N3CCCCC3)cc21. The van der Waals surface area contributed by atoms with Gasteiger partial charge in [-0.3, -0.25) is 9.59 Å². The summed E-state index contributed by atoms with van der Waals surface area (Å²) in [5.74, 6) is -0.0671. The molecule has 1 aromatic carbocycles. The molecule has 2 heterocycles. The van der Waals surface area contributed by atoms with Crippen LogP contribution >= 0.6 is 11.8 Å². The monoisotopic (exact) mass is 425 g/mol. The molecule has 0 unspecified atom stereocenters. The van der Waals surface area contributed by atoms with Gasteiger partial charge in [-0.2, -0.15) is 4.31 Å². The van der Waals surface area contributed by atoms with E-state index in [1.165, 1.54) is 21.0 Å². The van der Waals surface area contributed by atoms with Crippen LogP contribution in [0.3, 0.4) is 0 Å². The van der Waals surface area contributed by atoms with Crippen molar-refractivity contribution >= 4 is 39.3 Å². The maximum atomic E-state index is 13.0. The number of carbonyl (C=O) groups is 2. The van der Waals surface area contributed by atoms with Gasteiger partial charge in [0.25, 0.3) is 0 Å². The molecule has 9 heteroatoms. The fourth-order valence-electron chi connectivity index (χ4n) is 3.58. The number of nitrogens with zero attached hydrogens (tertiary/aromatic N) is 3. The molecule has 0 aromatic heterocycles. The van der Waals surface area contributed by atoms with E-state index in [0.29, 0.717) is 31.9 Å². The highest BCUT2D eigenvalue weighted by molar-refractivity contribution is 8.00. The van der Waals surface area contributed by atoms with Gasteiger partial charge >= 0.3 is 0 Å². The molecule has 1 aromatic rings. The van der Waals surface area contributed by atoms with Crippen molar-refractivity contribution in [3.8, 4) is 0 Å². The summed E-state index contributed by atoms with van der Waals surface area (Å²) in [7, 11) is -3.60. The number of fused-ring (bicyclic) bond motifs is 1. The maximum Gasteiger partial charge on any atom is 0.243 e. The van der Waals surface area contributed by atoms with Gasteiger partial charge < -0.3 is 9.80 Å². The Kier molecular flexibility index (Phi) is 6.67. The second-order valence-electron chi connectivity index (χ2n) is 6.93. The van der Waals surface area contributed by atoms with Crippen LogP contribution in [0.5, 0.6) is 0 Å². The Morgan fingerprint density at radius 1 is 1.14 bits per heavy atom. The number of piperidine rings is 1. The second kappa shape index (κ2) is 8.84. The first-order valence-electron chi connectivity index (χ1n) is 9.73. The first-order chi connectivity index (χ1) is 13.4. The summed E-state index contributed by atoms with van der Waals surface area (Å²) in [6.45, 7) is 5.92. The van der Waals surface area contributed by atoms with Crippen LogP contribution in [0.1, 0.15) is 33.1 Å². The fraction of sp³-hybridized carbons (Fsp3) is 0.579. The van der Waals surface area contributed by atoms with Gasteiger partial charge in [-0.1, -0.05) is 6.42 Å². The number of hydrogen-bond donors (Lipinski definition) is 0. The van der Waals surface area contributed by atoms with Crippen LogP contribution in [0.4, 0.5) is 5.69 Å². The van der Waals surface area contributed by atoms with E-state index in [-0.39, 0.29) is 29.0 Å². The number of anilines is 1. The largest absolute Gasteiger partial charge is 0.342 e. The zero-order valence-corrected chi connectivity index (χ0v) is 18.0. The molecule has 0 N–H and O–H groups in total. The van der Waals surface area contributed by atoms with E-state index >= 15 is 0 Å². The minimum atomic E-state index is -3.60. The Labute approximate surface area is 171 Å². The Bertz CT molecular complexity index is 847. The lowest BCUT2D eigenvalue weighted by molar-refractivity contribution is -0.130. The third-order valence-corrected chi connectivity index (χ3v) is 8.18. The quantitative estimate of drug-likeness (QED) is 0.698. The molecular formula is C19H27N3O4S2. The Hall–Kier alpha value is -1.58. The van der Waals surface area contributed by atoms with E-state index in [0.717, 1.165) is 24.2 Å². The molecule has 3 rings (SSSR count). The van der Waals surface area contributed by atoms with E-state index in [9.17, 15) is 18.0 Å². The van der Waals surface area contributed by atoms with E-state index in [2.05, 4.69) is 0 Å². The third-order valence-electron chi connectivity index (χ3n) is 5.24. The molecule has 0 bridgehead atoms. The highest BCUT2D eigenvalue weighted by Gasteiger charge is 2.31. The Morgan fingerprint density at radius 2 is 1.82 bits per heavy atom. The smallest absolute Gasteiger partial charge is 0.243 e. The van der Waals surface area contributed by atoms with Gasteiger partial charge in [0.1, 0.15) is 6.54 Å². The molecule has 0 atom stereocenters. The van der Waals surface area contributed by atoms with Crippen molar-refractivity contribution in [1.29, 1.82) is 0 Å². The van der Waals surface area contributed by atoms with Crippen LogP contribution in [-0.4, -0.2) is 67.9 Å². The first-order valence-corrected chi connectivity index (χ1v) is 12.2. The molecule has 1 fully saturated rings. The predicted octanol–water partition coefficient (Wildman–Crippen LogP) is 2.17. The highest BCUT2D eigenvalue weighted by atomic mass is 32.2. The van der Waals surface area contributed by atoms with E-state index < -0.39 is 10.0 Å². The average Bonchev–Trinajstić information content (AvgIpc) is 2.71. The molecule has 2 aliphatic heterocycles. The van der Waals surface area contributed by atoms with Crippen molar-refractivity contribution in [3.63, 3.8) is 0 Å². The van der Waals surface area contributed by atoms with Crippen molar-refractivity contribution in [1.82, 2.24) is 9.21 Å². The first kappa shape index (κ1) is 21.1. The van der Waals surface area contributed by atoms with Gasteiger partial charge in [0.2, 0.25) is 21.8 Å².